The molecule has 0 radical (unpaired) electrons. The number of fused-ring (bicyclic) bond motifs is 3. The standard InChI is InChI=1S/3C26H32F6N6O4.2C4H6O6/c3*27-18-14-20(29)19(28)12-16(18)11-17(33)13-22(39)37-2-3-38-21(15-37)23(35-25(38)26(30,31)32)24(40)34-1-7-41-8-4-36-5-9-42-10-6-36;2*5-1(3(7)8)2(6)4(9)10/h3*12,14,17H,1-11,13,15,33H2,(H,34,40);2*1-2,5-6H,(H,7,8)(H,9,10)/t3*17-;1-,2-;/m1111./s1. The van der Waals surface area contributed by atoms with Crippen LogP contribution in [0.5, 0.6) is 0 Å². The lowest BCUT2D eigenvalue weighted by atomic mass is 10.0. The van der Waals surface area contributed by atoms with Crippen LogP contribution in [-0.2, 0) is 139 Å². The Labute approximate surface area is 817 Å². The van der Waals surface area contributed by atoms with Gasteiger partial charge in [0.25, 0.3) is 17.7 Å². The summed E-state index contributed by atoms with van der Waals surface area (Å²) in [5, 5.41) is 77.4. The maximum absolute atomic E-state index is 14.0. The quantitative estimate of drug-likeness (QED) is 0.00975. The number of aliphatic carboxylic acids is 4. The molecule has 6 amide bonds. The molecule has 6 aliphatic rings. The van der Waals surface area contributed by atoms with Crippen molar-refractivity contribution in [2.75, 3.05) is 177 Å². The summed E-state index contributed by atoms with van der Waals surface area (Å²) < 4.78 is 281. The Hall–Kier alpha value is -11.9. The zero-order valence-corrected chi connectivity index (χ0v) is 77.9. The minimum absolute atomic E-state index is 0.0436. The van der Waals surface area contributed by atoms with Crippen LogP contribution in [0.2, 0.25) is 0 Å². The van der Waals surface area contributed by atoms with Gasteiger partial charge >= 0.3 is 24.5 Å². The van der Waals surface area contributed by atoms with Gasteiger partial charge in [0.05, 0.1) is 171 Å². The number of halogens is 18. The van der Waals surface area contributed by atoms with Crippen molar-refractivity contribution in [1.82, 2.24) is 74.0 Å². The van der Waals surface area contributed by atoms with Crippen LogP contribution in [0, 0.1) is 52.4 Å². The Kier molecular flexibility index (Phi) is 45.6. The predicted octanol–water partition coefficient (Wildman–Crippen LogP) is -5.30. The van der Waals surface area contributed by atoms with E-state index in [4.69, 9.17) is 54.0 Å². The van der Waals surface area contributed by atoms with Crippen molar-refractivity contribution >= 4 is 59.3 Å². The highest BCUT2D eigenvalue weighted by Gasteiger charge is 2.46. The predicted molar refractivity (Wildman–Crippen MR) is 450 cm³/mol. The molecule has 42 nitrogen and oxygen atoms in total. The average molecular weight is 2120 g/mol. The molecule has 3 aromatic carbocycles. The molecule has 3 fully saturated rings. The number of aliphatic hydroxyl groups excluding tert-OH is 4. The van der Waals surface area contributed by atoms with Crippen LogP contribution in [0.4, 0.5) is 79.0 Å². The highest BCUT2D eigenvalue weighted by Crippen LogP contribution is 2.37. The van der Waals surface area contributed by atoms with Crippen molar-refractivity contribution in [1.29, 1.82) is 0 Å². The van der Waals surface area contributed by atoms with Gasteiger partial charge in [0.15, 0.2) is 58.1 Å². The first-order valence-corrected chi connectivity index (χ1v) is 45.0. The second-order valence-electron chi connectivity index (χ2n) is 33.5. The van der Waals surface area contributed by atoms with E-state index in [1.165, 1.54) is 14.7 Å². The van der Waals surface area contributed by atoms with Crippen LogP contribution in [0.1, 0.15) is 102 Å². The zero-order chi connectivity index (χ0) is 108. The molecule has 60 heteroatoms. The number of benzene rings is 3. The van der Waals surface area contributed by atoms with Gasteiger partial charge in [0, 0.05) is 155 Å². The van der Waals surface area contributed by atoms with Gasteiger partial charge in [-0.1, -0.05) is 0 Å². The third kappa shape index (κ3) is 35.7. The minimum atomic E-state index is -4.82. The SMILES string of the molecule is O=C([O-])C(O)C(O)C(=O)[O-].O=C([O-])[C@H](O)[C@@H](O)C(=O)O.[NH3+][C@@H](CC(=O)N1CCn2c(C(F)(F)F)nc(C(=O)NCCOCCN3CCOCC3)c2C1)Cc1cc(F)c(F)cc1F.[NH3+][C@@H](CC(=O)N1CCn2c(C(F)(F)F)nc(C(=O)NCCOCCN3CCOCC3)c2C1)Cc1cc(F)c(F)cc1F.[NH3+][C@@H](CC(=O)N1CCn2c(C(F)(F)F)nc(C(=O)NCCOCCN3CCOCC3)c2C1)Cc1cc(F)c(F)cc1F. The number of ether oxygens (including phenoxy) is 6. The van der Waals surface area contributed by atoms with Gasteiger partial charge in [-0.25, -0.2) is 59.3 Å². The lowest BCUT2D eigenvalue weighted by molar-refractivity contribution is -0.419. The lowest BCUT2D eigenvalue weighted by Gasteiger charge is -2.30. The van der Waals surface area contributed by atoms with Crippen molar-refractivity contribution in [3.05, 3.63) is 157 Å². The number of nitrogens with zero attached hydrogens (tertiary/aromatic N) is 12. The normalized spacial score (nSPS) is 16.7. The van der Waals surface area contributed by atoms with Crippen molar-refractivity contribution in [3.8, 4) is 0 Å². The van der Waals surface area contributed by atoms with E-state index in [1.54, 1.807) is 0 Å². The number of carbonyl (C=O) groups excluding carboxylic acids is 9. The van der Waals surface area contributed by atoms with Crippen molar-refractivity contribution in [2.45, 2.75) is 139 Å². The third-order valence-corrected chi connectivity index (χ3v) is 22.8. The number of hydrogen-bond donors (Lipinski definition) is 11. The number of amides is 6. The molecule has 812 valence electrons. The summed E-state index contributed by atoms with van der Waals surface area (Å²) in [5.74, 6) is -26.3. The summed E-state index contributed by atoms with van der Waals surface area (Å²) in [6, 6.07) is 1.12. The van der Waals surface area contributed by atoms with Crippen molar-refractivity contribution in [2.24, 2.45) is 0 Å². The zero-order valence-electron chi connectivity index (χ0n) is 77.9. The van der Waals surface area contributed by atoms with Gasteiger partial charge in [-0.15, -0.1) is 0 Å². The lowest BCUT2D eigenvalue weighted by Crippen LogP contribution is -2.63. The van der Waals surface area contributed by atoms with Gasteiger partial charge < -0.3 is 145 Å². The molecular weight excluding hydrogens is 2010 g/mol. The fraction of sp³-hybridized carbons (Fsp3) is 0.570. The molecule has 0 aliphatic carbocycles. The molecule has 2 unspecified atom stereocenters. The van der Waals surface area contributed by atoms with E-state index in [1.807, 2.05) is 0 Å². The number of hydrogen-bond acceptors (Lipinski definition) is 29. The molecular formula is C86H108F18N18O24. The fourth-order valence-corrected chi connectivity index (χ4v) is 15.2. The van der Waals surface area contributed by atoms with Gasteiger partial charge in [0.1, 0.15) is 35.8 Å². The summed E-state index contributed by atoms with van der Waals surface area (Å²) in [7, 11) is 0. The first-order chi connectivity index (χ1) is 68.7. The number of carboxylic acid groups (broad SMARTS) is 4. The Bertz CT molecular complexity index is 4910. The number of rotatable bonds is 39. The Balaban J connectivity index is 0.000000243. The number of aromatic nitrogens is 6. The number of morpholine rings is 3. The van der Waals surface area contributed by atoms with Gasteiger partial charge in [0.2, 0.25) is 35.2 Å². The Morgan fingerprint density at radius 1 is 0.356 bits per heavy atom. The molecule has 3 saturated heterocycles. The van der Waals surface area contributed by atoms with E-state index in [0.717, 1.165) is 53.0 Å². The average Bonchev–Trinajstić information content (AvgIpc) is 1.62. The monoisotopic (exact) mass is 2120 g/mol. The van der Waals surface area contributed by atoms with Gasteiger partial charge in [-0.3, -0.25) is 43.5 Å². The molecule has 0 spiro atoms. The molecule has 3 aromatic heterocycles. The fourth-order valence-electron chi connectivity index (χ4n) is 15.2. The van der Waals surface area contributed by atoms with Crippen LogP contribution in [0.15, 0.2) is 36.4 Å². The molecule has 9 heterocycles. The molecule has 146 heavy (non-hydrogen) atoms. The van der Waals surface area contributed by atoms with E-state index in [-0.39, 0.29) is 171 Å². The van der Waals surface area contributed by atoms with Crippen LogP contribution >= 0.6 is 0 Å². The molecule has 17 N–H and O–H groups in total. The summed E-state index contributed by atoms with van der Waals surface area (Å²) in [5.41, 5.74) is 9.37. The number of alkyl halides is 9. The highest BCUT2D eigenvalue weighted by atomic mass is 19.4. The van der Waals surface area contributed by atoms with E-state index >= 15 is 0 Å². The molecule has 7 atom stereocenters. The maximum atomic E-state index is 14.0. The summed E-state index contributed by atoms with van der Waals surface area (Å²) >= 11 is 0. The summed E-state index contributed by atoms with van der Waals surface area (Å²) in [4.78, 5) is 137. The van der Waals surface area contributed by atoms with Gasteiger partial charge in [-0.05, 0) is 34.9 Å². The first-order valence-electron chi connectivity index (χ1n) is 45.0. The molecule has 0 saturated carbocycles. The number of carbonyl (C=O) groups is 10. The smallest absolute Gasteiger partial charge is 0.449 e. The number of carboxylic acids is 4. The number of aliphatic hydroxyl groups is 4. The van der Waals surface area contributed by atoms with Crippen LogP contribution in [0.25, 0.3) is 0 Å². The highest BCUT2D eigenvalue weighted by molar-refractivity contribution is 5.95. The second kappa shape index (κ2) is 55.7. The van der Waals surface area contributed by atoms with Crippen molar-refractivity contribution in [3.63, 3.8) is 0 Å². The summed E-state index contributed by atoms with van der Waals surface area (Å²) in [6.07, 6.45) is -25.3. The Morgan fingerprint density at radius 3 is 0.808 bits per heavy atom. The Morgan fingerprint density at radius 2 is 0.589 bits per heavy atom. The third-order valence-electron chi connectivity index (χ3n) is 22.8. The number of nitrogens with one attached hydrogen (secondary N) is 3. The largest absolute Gasteiger partial charge is 0.547 e. The van der Waals surface area contributed by atoms with Crippen LogP contribution in [0.3, 0.4) is 0 Å². The maximum Gasteiger partial charge on any atom is 0.449 e. The van der Waals surface area contributed by atoms with E-state index < -0.39 is 207 Å². The van der Waals surface area contributed by atoms with Crippen molar-refractivity contribution < 1.29 is 213 Å². The van der Waals surface area contributed by atoms with E-state index in [2.05, 4.69) is 62.8 Å². The van der Waals surface area contributed by atoms with E-state index in [9.17, 15) is 142 Å². The number of quaternary nitrogens is 3. The van der Waals surface area contributed by atoms with E-state index in [0.29, 0.717) is 115 Å². The first kappa shape index (κ1) is 119. The number of imidazole rings is 3. The minimum Gasteiger partial charge on any atom is -0.547 e. The van der Waals surface area contributed by atoms with Crippen LogP contribution < -0.4 is 48.5 Å². The summed E-state index contributed by atoms with van der Waals surface area (Å²) in [6.45, 7) is 10.7. The topological polar surface area (TPSA) is 588 Å². The molecule has 12 rings (SSSR count). The van der Waals surface area contributed by atoms with Gasteiger partial charge in [-0.2, -0.15) is 39.5 Å². The molecule has 6 aromatic rings. The van der Waals surface area contributed by atoms with Crippen LogP contribution in [-0.4, -0.2) is 363 Å². The second-order valence-corrected chi connectivity index (χ2v) is 33.5. The molecule has 0 bridgehead atoms. The molecule has 6 aliphatic heterocycles.